The van der Waals surface area contributed by atoms with E-state index in [1.54, 1.807) is 7.11 Å². The van der Waals surface area contributed by atoms with Gasteiger partial charge in [0.2, 0.25) is 0 Å². The molecule has 1 heterocycles. The third-order valence-electron chi connectivity index (χ3n) is 4.18. The Morgan fingerprint density at radius 3 is 2.68 bits per heavy atom. The number of carbonyl (C=O) groups excluding carboxylic acids is 2. The molecule has 138 valence electrons. The van der Waals surface area contributed by atoms with E-state index in [9.17, 15) is 9.59 Å². The van der Waals surface area contributed by atoms with Gasteiger partial charge in [0.25, 0.3) is 0 Å². The summed E-state index contributed by atoms with van der Waals surface area (Å²) in [6.07, 6.45) is 0.404. The number of hydrogen-bond donors (Lipinski definition) is 1. The predicted molar refractivity (Wildman–Crippen MR) is 92.9 cm³/mol. The molecule has 1 aromatic rings. The fourth-order valence-electron chi connectivity index (χ4n) is 2.98. The number of rotatable bonds is 8. The minimum atomic E-state index is -0.499. The molecule has 0 bridgehead atoms. The van der Waals surface area contributed by atoms with Gasteiger partial charge < -0.3 is 19.5 Å². The van der Waals surface area contributed by atoms with Crippen molar-refractivity contribution in [2.45, 2.75) is 45.4 Å². The van der Waals surface area contributed by atoms with Crippen LogP contribution in [0.3, 0.4) is 0 Å². The molecule has 6 heteroatoms. The van der Waals surface area contributed by atoms with Crippen LogP contribution < -0.4 is 5.32 Å². The maximum Gasteiger partial charge on any atom is 0.407 e. The number of ether oxygens (including phenoxy) is 3. The number of methoxy groups -OCH3 is 1. The second-order valence-electron chi connectivity index (χ2n) is 6.81. The van der Waals surface area contributed by atoms with Crippen LogP contribution in [0.2, 0.25) is 0 Å². The van der Waals surface area contributed by atoms with Crippen LogP contribution in [0, 0.1) is 11.8 Å². The first-order valence-corrected chi connectivity index (χ1v) is 8.66. The Hall–Kier alpha value is -2.08. The van der Waals surface area contributed by atoms with Crippen molar-refractivity contribution in [3.63, 3.8) is 0 Å². The van der Waals surface area contributed by atoms with E-state index in [2.05, 4.69) is 19.2 Å². The van der Waals surface area contributed by atoms with Gasteiger partial charge in [-0.25, -0.2) is 4.79 Å². The van der Waals surface area contributed by atoms with Crippen LogP contribution >= 0.6 is 0 Å². The molecule has 2 rings (SSSR count). The molecule has 6 nitrogen and oxygen atoms in total. The minimum absolute atomic E-state index is 0.206. The quantitative estimate of drug-likeness (QED) is 0.731. The molecular weight excluding hydrogens is 322 g/mol. The lowest BCUT2D eigenvalue weighted by Crippen LogP contribution is -2.44. The van der Waals surface area contributed by atoms with E-state index in [0.717, 1.165) is 5.56 Å². The molecule has 1 saturated heterocycles. The van der Waals surface area contributed by atoms with Crippen LogP contribution in [-0.4, -0.2) is 37.9 Å². The first-order chi connectivity index (χ1) is 12.0. The zero-order valence-corrected chi connectivity index (χ0v) is 15.1. The van der Waals surface area contributed by atoms with Crippen molar-refractivity contribution in [2.75, 3.05) is 13.7 Å². The lowest BCUT2D eigenvalue weighted by Gasteiger charge is -2.25. The maximum absolute atomic E-state index is 12.2. The summed E-state index contributed by atoms with van der Waals surface area (Å²) in [5, 5.41) is 2.86. The molecular formula is C19H27NO5. The fourth-order valence-corrected chi connectivity index (χ4v) is 2.98. The van der Waals surface area contributed by atoms with Crippen molar-refractivity contribution in [1.82, 2.24) is 5.32 Å². The number of alkyl carbamates (subject to hydrolysis) is 1. The molecule has 1 fully saturated rings. The van der Waals surface area contributed by atoms with Crippen molar-refractivity contribution in [3.05, 3.63) is 35.9 Å². The highest BCUT2D eigenvalue weighted by Gasteiger charge is 2.39. The highest BCUT2D eigenvalue weighted by atomic mass is 16.6. The van der Waals surface area contributed by atoms with Gasteiger partial charge in [-0.1, -0.05) is 44.2 Å². The Morgan fingerprint density at radius 1 is 1.32 bits per heavy atom. The van der Waals surface area contributed by atoms with Crippen LogP contribution in [0.5, 0.6) is 0 Å². The fraction of sp³-hybridized carbons (Fsp3) is 0.579. The van der Waals surface area contributed by atoms with Gasteiger partial charge >= 0.3 is 12.1 Å². The predicted octanol–water partition coefficient (Wildman–Crippen LogP) is 2.91. The van der Waals surface area contributed by atoms with Crippen LogP contribution in [0.4, 0.5) is 4.79 Å². The zero-order chi connectivity index (χ0) is 18.2. The Kier molecular flexibility index (Phi) is 7.25. The van der Waals surface area contributed by atoms with Gasteiger partial charge in [-0.3, -0.25) is 4.79 Å². The zero-order valence-electron chi connectivity index (χ0n) is 15.1. The van der Waals surface area contributed by atoms with E-state index >= 15 is 0 Å². The molecule has 1 aromatic carbocycles. The third kappa shape index (κ3) is 6.05. The minimum Gasteiger partial charge on any atom is -0.460 e. The molecule has 1 aliphatic heterocycles. The highest BCUT2D eigenvalue weighted by molar-refractivity contribution is 5.75. The molecule has 3 atom stereocenters. The topological polar surface area (TPSA) is 73.9 Å². The van der Waals surface area contributed by atoms with Crippen LogP contribution in [0.1, 0.15) is 32.3 Å². The molecule has 0 saturated carbocycles. The van der Waals surface area contributed by atoms with Gasteiger partial charge in [-0.2, -0.15) is 0 Å². The van der Waals surface area contributed by atoms with Crippen molar-refractivity contribution < 1.29 is 23.8 Å². The molecule has 0 spiro atoms. The lowest BCUT2D eigenvalue weighted by molar-refractivity contribution is -0.146. The van der Waals surface area contributed by atoms with E-state index in [0.29, 0.717) is 25.4 Å². The second kappa shape index (κ2) is 9.42. The third-order valence-corrected chi connectivity index (χ3v) is 4.18. The summed E-state index contributed by atoms with van der Waals surface area (Å²) in [5.74, 6) is -0.188. The monoisotopic (exact) mass is 349 g/mol. The Labute approximate surface area is 148 Å². The van der Waals surface area contributed by atoms with E-state index in [1.165, 1.54) is 0 Å². The average Bonchev–Trinajstić information content (AvgIpc) is 2.94. The first kappa shape index (κ1) is 19.2. The Balaban J connectivity index is 1.91. The van der Waals surface area contributed by atoms with Crippen molar-refractivity contribution in [2.24, 2.45) is 11.8 Å². The number of cyclic esters (lactones) is 1. The Morgan fingerprint density at radius 2 is 2.04 bits per heavy atom. The standard InChI is InChI=1S/C19H27NO5/c1-13(2)9-16(17-10-15(12-23-3)18(21)25-17)20-19(22)24-11-14-7-5-4-6-8-14/h4-8,13,15-17H,9-12H2,1-3H3,(H,20,22)/t15?,16-,17-/m0/s1. The summed E-state index contributed by atoms with van der Waals surface area (Å²) in [5.41, 5.74) is 0.922. The van der Waals surface area contributed by atoms with Crippen LogP contribution in [0.25, 0.3) is 0 Å². The number of carbonyl (C=O) groups is 2. The smallest absolute Gasteiger partial charge is 0.407 e. The van der Waals surface area contributed by atoms with Gasteiger partial charge in [0.1, 0.15) is 12.7 Å². The van der Waals surface area contributed by atoms with Crippen LogP contribution in [-0.2, 0) is 25.6 Å². The summed E-state index contributed by atoms with van der Waals surface area (Å²) in [6, 6.07) is 9.22. The summed E-state index contributed by atoms with van der Waals surface area (Å²) < 4.78 is 15.8. The Bertz CT molecular complexity index is 560. The molecule has 0 aliphatic carbocycles. The van der Waals surface area contributed by atoms with E-state index in [4.69, 9.17) is 14.2 Å². The molecule has 0 radical (unpaired) electrons. The van der Waals surface area contributed by atoms with Crippen LogP contribution in [0.15, 0.2) is 30.3 Å². The maximum atomic E-state index is 12.2. The number of hydrogen-bond acceptors (Lipinski definition) is 5. The summed E-state index contributed by atoms with van der Waals surface area (Å²) in [7, 11) is 1.56. The second-order valence-corrected chi connectivity index (χ2v) is 6.81. The lowest BCUT2D eigenvalue weighted by atomic mass is 9.95. The average molecular weight is 349 g/mol. The highest BCUT2D eigenvalue weighted by Crippen LogP contribution is 2.26. The van der Waals surface area contributed by atoms with Gasteiger partial charge in [0.15, 0.2) is 0 Å². The molecule has 1 N–H and O–H groups in total. The van der Waals surface area contributed by atoms with Crippen molar-refractivity contribution >= 4 is 12.1 Å². The van der Waals surface area contributed by atoms with Gasteiger partial charge in [0.05, 0.1) is 18.6 Å². The summed E-state index contributed by atoms with van der Waals surface area (Å²) in [4.78, 5) is 24.1. The van der Waals surface area contributed by atoms with Gasteiger partial charge in [-0.15, -0.1) is 0 Å². The SMILES string of the molecule is COCC1C[C@@H]([C@H](CC(C)C)NC(=O)OCc2ccccc2)OC1=O. The first-order valence-electron chi connectivity index (χ1n) is 8.66. The molecule has 25 heavy (non-hydrogen) atoms. The molecule has 1 unspecified atom stereocenters. The summed E-state index contributed by atoms with van der Waals surface area (Å²) >= 11 is 0. The van der Waals surface area contributed by atoms with Crippen molar-refractivity contribution in [3.8, 4) is 0 Å². The van der Waals surface area contributed by atoms with E-state index in [-0.39, 0.29) is 30.6 Å². The number of benzene rings is 1. The van der Waals surface area contributed by atoms with E-state index < -0.39 is 6.09 Å². The number of nitrogens with one attached hydrogen (secondary N) is 1. The summed E-state index contributed by atoms with van der Waals surface area (Å²) in [6.45, 7) is 4.67. The van der Waals surface area contributed by atoms with Gasteiger partial charge in [-0.05, 0) is 17.9 Å². The molecule has 1 amide bonds. The molecule has 0 aromatic heterocycles. The van der Waals surface area contributed by atoms with Gasteiger partial charge in [0, 0.05) is 13.5 Å². The molecule has 1 aliphatic rings. The van der Waals surface area contributed by atoms with E-state index in [1.807, 2.05) is 30.3 Å². The van der Waals surface area contributed by atoms with Crippen molar-refractivity contribution in [1.29, 1.82) is 0 Å². The normalized spacial score (nSPS) is 21.0. The largest absolute Gasteiger partial charge is 0.460 e. The number of amides is 1. The number of esters is 1.